The van der Waals surface area contributed by atoms with Crippen LogP contribution in [0.15, 0.2) is 11.6 Å². The highest BCUT2D eigenvalue weighted by atomic mass is 32.2. The maximum absolute atomic E-state index is 9.58. The van der Waals surface area contributed by atoms with Crippen molar-refractivity contribution in [1.82, 2.24) is 0 Å². The van der Waals surface area contributed by atoms with Crippen LogP contribution in [0.2, 0.25) is 0 Å². The van der Waals surface area contributed by atoms with Gasteiger partial charge in [-0.25, -0.2) is 0 Å². The zero-order valence-electron chi connectivity index (χ0n) is 3.83. The first-order valence-electron chi connectivity index (χ1n) is 1.83. The van der Waals surface area contributed by atoms with Gasteiger partial charge in [-0.1, -0.05) is 0 Å². The molecule has 0 unspecified atom stereocenters. The molecule has 40 valence electrons. The second-order valence-corrected chi connectivity index (χ2v) is 1.77. The average Bonchev–Trinajstić information content (AvgIpc) is 1.69. The first kappa shape index (κ1) is 6.56. The van der Waals surface area contributed by atoms with Crippen molar-refractivity contribution in [2.24, 2.45) is 5.73 Å². The minimum Gasteiger partial charge on any atom is -0.404 e. The minimum absolute atomic E-state index is 0.494. The third kappa shape index (κ3) is 5.56. The number of carbonyl (C=O) groups excluding carboxylic acids is 1. The molecule has 0 rings (SSSR count). The Morgan fingerprint density at radius 2 is 2.43 bits per heavy atom. The van der Waals surface area contributed by atoms with Crippen molar-refractivity contribution in [2.75, 3.05) is 5.75 Å². The molecular weight excluding hydrogens is 110 g/mol. The molecule has 0 amide bonds. The first-order valence-corrected chi connectivity index (χ1v) is 2.88. The molecule has 0 spiro atoms. The van der Waals surface area contributed by atoms with Crippen LogP contribution in [0.3, 0.4) is 0 Å². The highest BCUT2D eigenvalue weighted by Gasteiger charge is 1.72. The predicted octanol–water partition coefficient (Wildman–Crippen LogP) is 0.348. The Kier molecular flexibility index (Phi) is 5.21. The van der Waals surface area contributed by atoms with Gasteiger partial charge in [0.1, 0.15) is 6.29 Å². The van der Waals surface area contributed by atoms with Crippen molar-refractivity contribution in [2.45, 2.75) is 0 Å². The lowest BCUT2D eigenvalue weighted by Crippen LogP contribution is -1.76. The van der Waals surface area contributed by atoms with Crippen molar-refractivity contribution in [3.63, 3.8) is 0 Å². The Labute approximate surface area is 46.8 Å². The van der Waals surface area contributed by atoms with Gasteiger partial charge in [-0.3, -0.25) is 0 Å². The number of nitrogens with two attached hydrogens (primary N) is 1. The molecule has 0 fully saturated rings. The lowest BCUT2D eigenvalue weighted by molar-refractivity contribution is -0.105. The molecule has 0 aromatic heterocycles. The lowest BCUT2D eigenvalue weighted by Gasteiger charge is -1.76. The van der Waals surface area contributed by atoms with E-state index in [9.17, 15) is 4.79 Å². The second kappa shape index (κ2) is 5.56. The standard InChI is InChI=1S/C4H7NOS/c5-1-3-7-4-2-6/h1-3H,4-5H2/b3-1+. The molecule has 2 nitrogen and oxygen atoms in total. The largest absolute Gasteiger partial charge is 0.404 e. The van der Waals surface area contributed by atoms with Gasteiger partial charge in [-0.15, -0.1) is 11.8 Å². The minimum atomic E-state index is 0.494. The van der Waals surface area contributed by atoms with Gasteiger partial charge in [0.15, 0.2) is 0 Å². The molecule has 3 heteroatoms. The molecule has 0 heterocycles. The number of thioether (sulfide) groups is 1. The van der Waals surface area contributed by atoms with Crippen LogP contribution in [0.5, 0.6) is 0 Å². The van der Waals surface area contributed by atoms with E-state index in [2.05, 4.69) is 0 Å². The van der Waals surface area contributed by atoms with Crippen LogP contribution < -0.4 is 5.73 Å². The fraction of sp³-hybridized carbons (Fsp3) is 0.250. The van der Waals surface area contributed by atoms with Gasteiger partial charge in [0.2, 0.25) is 0 Å². The molecule has 0 aromatic carbocycles. The summed E-state index contributed by atoms with van der Waals surface area (Å²) in [4.78, 5) is 9.58. The molecule has 0 aliphatic rings. The van der Waals surface area contributed by atoms with Crippen molar-refractivity contribution in [3.05, 3.63) is 11.6 Å². The number of rotatable bonds is 3. The number of hydrogen-bond acceptors (Lipinski definition) is 3. The molecule has 0 saturated heterocycles. The van der Waals surface area contributed by atoms with E-state index in [-0.39, 0.29) is 0 Å². The van der Waals surface area contributed by atoms with Crippen molar-refractivity contribution in [3.8, 4) is 0 Å². The summed E-state index contributed by atoms with van der Waals surface area (Å²) in [6.07, 6.45) is 2.25. The zero-order chi connectivity index (χ0) is 5.54. The van der Waals surface area contributed by atoms with E-state index >= 15 is 0 Å². The Morgan fingerprint density at radius 3 is 2.86 bits per heavy atom. The molecule has 0 atom stereocenters. The Balaban J connectivity index is 2.82. The maximum Gasteiger partial charge on any atom is 0.130 e. The van der Waals surface area contributed by atoms with Crippen LogP contribution in [0, 0.1) is 0 Å². The summed E-state index contributed by atoms with van der Waals surface area (Å²) < 4.78 is 0. The van der Waals surface area contributed by atoms with E-state index in [1.54, 1.807) is 5.41 Å². The fourth-order valence-electron chi connectivity index (χ4n) is 0.150. The van der Waals surface area contributed by atoms with Gasteiger partial charge < -0.3 is 10.5 Å². The first-order chi connectivity index (χ1) is 3.41. The van der Waals surface area contributed by atoms with Crippen molar-refractivity contribution >= 4 is 18.0 Å². The highest BCUT2D eigenvalue weighted by Crippen LogP contribution is 1.95. The molecule has 0 radical (unpaired) electrons. The quantitative estimate of drug-likeness (QED) is 0.428. The van der Waals surface area contributed by atoms with E-state index in [0.717, 1.165) is 6.29 Å². The molecule has 0 aromatic rings. The number of carbonyl (C=O) groups is 1. The SMILES string of the molecule is N/C=C/SCC=O. The van der Waals surface area contributed by atoms with Crippen molar-refractivity contribution < 1.29 is 4.79 Å². The second-order valence-electron chi connectivity index (χ2n) is 0.829. The molecular formula is C4H7NOS. The number of aldehydes is 1. The fourth-order valence-corrected chi connectivity index (χ4v) is 0.451. The molecule has 7 heavy (non-hydrogen) atoms. The lowest BCUT2D eigenvalue weighted by atomic mass is 10.9. The monoisotopic (exact) mass is 117 g/mol. The molecule has 0 aliphatic heterocycles. The van der Waals surface area contributed by atoms with E-state index in [0.29, 0.717) is 5.75 Å². The van der Waals surface area contributed by atoms with Crippen LogP contribution in [0.4, 0.5) is 0 Å². The van der Waals surface area contributed by atoms with Gasteiger partial charge in [-0.2, -0.15) is 0 Å². The average molecular weight is 117 g/mol. The summed E-state index contributed by atoms with van der Waals surface area (Å²) in [5.74, 6) is 0.494. The topological polar surface area (TPSA) is 43.1 Å². The van der Waals surface area contributed by atoms with E-state index in [4.69, 9.17) is 5.73 Å². The zero-order valence-corrected chi connectivity index (χ0v) is 4.65. The third-order valence-electron chi connectivity index (χ3n) is 0.339. The summed E-state index contributed by atoms with van der Waals surface area (Å²) in [5, 5.41) is 1.68. The summed E-state index contributed by atoms with van der Waals surface area (Å²) >= 11 is 1.38. The van der Waals surface area contributed by atoms with Gasteiger partial charge in [0.25, 0.3) is 0 Å². The van der Waals surface area contributed by atoms with Crippen LogP contribution in [0.25, 0.3) is 0 Å². The Morgan fingerprint density at radius 1 is 1.71 bits per heavy atom. The molecule has 2 N–H and O–H groups in total. The van der Waals surface area contributed by atoms with Gasteiger partial charge >= 0.3 is 0 Å². The van der Waals surface area contributed by atoms with Gasteiger partial charge in [0, 0.05) is 6.20 Å². The predicted molar refractivity (Wildman–Crippen MR) is 31.8 cm³/mol. The Hall–Kier alpha value is -0.440. The highest BCUT2D eigenvalue weighted by molar-refractivity contribution is 8.02. The maximum atomic E-state index is 9.58. The Bertz CT molecular complexity index is 72.1. The van der Waals surface area contributed by atoms with Crippen LogP contribution in [0.1, 0.15) is 0 Å². The smallest absolute Gasteiger partial charge is 0.130 e. The summed E-state index contributed by atoms with van der Waals surface area (Å²) in [6, 6.07) is 0. The van der Waals surface area contributed by atoms with Gasteiger partial charge in [-0.05, 0) is 5.41 Å². The van der Waals surface area contributed by atoms with Crippen LogP contribution in [-0.2, 0) is 4.79 Å². The summed E-state index contributed by atoms with van der Waals surface area (Å²) in [5.41, 5.74) is 4.95. The van der Waals surface area contributed by atoms with E-state index < -0.39 is 0 Å². The molecule has 0 bridgehead atoms. The van der Waals surface area contributed by atoms with Crippen molar-refractivity contribution in [1.29, 1.82) is 0 Å². The van der Waals surface area contributed by atoms with E-state index in [1.165, 1.54) is 18.0 Å². The van der Waals surface area contributed by atoms with Crippen LogP contribution in [-0.4, -0.2) is 12.0 Å². The summed E-state index contributed by atoms with van der Waals surface area (Å²) in [7, 11) is 0. The van der Waals surface area contributed by atoms with Crippen LogP contribution >= 0.6 is 11.8 Å². The molecule has 0 saturated carbocycles. The third-order valence-corrected chi connectivity index (χ3v) is 1.02. The van der Waals surface area contributed by atoms with Gasteiger partial charge in [0.05, 0.1) is 5.75 Å². The molecule has 0 aliphatic carbocycles. The summed E-state index contributed by atoms with van der Waals surface area (Å²) in [6.45, 7) is 0. The normalized spacial score (nSPS) is 9.71. The van der Waals surface area contributed by atoms with E-state index in [1.807, 2.05) is 0 Å². The number of hydrogen-bond donors (Lipinski definition) is 1.